The molecular formula is C50H94NO12P. The molecule has 1 amide bonds. The Bertz CT molecular complexity index is 1240. The van der Waals surface area contributed by atoms with Gasteiger partial charge in [-0.3, -0.25) is 13.8 Å². The van der Waals surface area contributed by atoms with Crippen LogP contribution in [0.4, 0.5) is 0 Å². The first-order valence-electron chi connectivity index (χ1n) is 25.5. The second-order valence-electron chi connectivity index (χ2n) is 18.2. The predicted octanol–water partition coefficient (Wildman–Crippen LogP) is 9.31. The van der Waals surface area contributed by atoms with Crippen molar-refractivity contribution in [2.75, 3.05) is 6.61 Å². The maximum atomic E-state index is 13.0. The molecule has 0 heterocycles. The highest BCUT2D eigenvalue weighted by Gasteiger charge is 2.51. The van der Waals surface area contributed by atoms with Crippen LogP contribution in [0.1, 0.15) is 213 Å². The Kier molecular flexibility index (Phi) is 37.4. The van der Waals surface area contributed by atoms with Gasteiger partial charge in [-0.25, -0.2) is 4.57 Å². The summed E-state index contributed by atoms with van der Waals surface area (Å²) in [4.78, 5) is 23.5. The Balaban J connectivity index is 2.54. The van der Waals surface area contributed by atoms with Crippen LogP contribution in [0.2, 0.25) is 0 Å². The summed E-state index contributed by atoms with van der Waals surface area (Å²) in [5.41, 5.74) is 0. The molecule has 64 heavy (non-hydrogen) atoms. The summed E-state index contributed by atoms with van der Waals surface area (Å²) in [7, 11) is -5.15. The number of amides is 1. The largest absolute Gasteiger partial charge is 0.472 e. The standard InChI is InChI=1S/C50H94NO12P/c1-3-5-7-9-11-13-15-17-19-20-21-22-24-26-28-30-32-34-36-38-43(53)42(40-62-64(60,61)63-50-48(58)46(56)45(55)47(57)49(50)59)51-44(54)39-41(52)37-35-33-31-29-27-25-23-18-16-14-12-10-8-6-4-2/h21-22,28,30,36,38,41-43,45-50,52-53,55-59H,3-20,23-27,29,31-35,37,39-40H2,1-2H3,(H,51,54)(H,60,61)/b22-21+,30-28+,38-36+. The number of aliphatic hydroxyl groups is 7. The minimum absolute atomic E-state index is 0.253. The van der Waals surface area contributed by atoms with Crippen LogP contribution in [0.5, 0.6) is 0 Å². The first-order chi connectivity index (χ1) is 30.8. The normalized spacial score (nSPS) is 23.0. The lowest BCUT2D eigenvalue weighted by atomic mass is 9.85. The highest BCUT2D eigenvalue weighted by Crippen LogP contribution is 2.47. The number of aliphatic hydroxyl groups excluding tert-OH is 7. The maximum absolute atomic E-state index is 13.0. The molecule has 0 aromatic heterocycles. The Labute approximate surface area is 387 Å². The number of hydrogen-bond donors (Lipinski definition) is 9. The molecule has 0 saturated heterocycles. The summed E-state index contributed by atoms with van der Waals surface area (Å²) in [6, 6.07) is -1.26. The van der Waals surface area contributed by atoms with E-state index in [0.29, 0.717) is 19.3 Å². The molecule has 0 aromatic rings. The van der Waals surface area contributed by atoms with E-state index in [9.17, 15) is 50.0 Å². The van der Waals surface area contributed by atoms with Crippen LogP contribution in [0.3, 0.4) is 0 Å². The van der Waals surface area contributed by atoms with Gasteiger partial charge in [-0.05, 0) is 44.9 Å². The molecule has 376 valence electrons. The molecule has 0 aromatic carbocycles. The van der Waals surface area contributed by atoms with Crippen LogP contribution >= 0.6 is 7.82 Å². The number of nitrogens with one attached hydrogen (secondary N) is 1. The molecule has 1 aliphatic rings. The highest BCUT2D eigenvalue weighted by atomic mass is 31.2. The fourth-order valence-corrected chi connectivity index (χ4v) is 9.00. The van der Waals surface area contributed by atoms with E-state index in [1.54, 1.807) is 6.08 Å². The zero-order valence-corrected chi connectivity index (χ0v) is 40.8. The number of rotatable bonds is 42. The van der Waals surface area contributed by atoms with Crippen LogP contribution in [0.25, 0.3) is 0 Å². The molecule has 13 nitrogen and oxygen atoms in total. The minimum atomic E-state index is -5.15. The van der Waals surface area contributed by atoms with Crippen molar-refractivity contribution in [1.29, 1.82) is 0 Å². The van der Waals surface area contributed by atoms with Crippen molar-refractivity contribution in [2.45, 2.75) is 268 Å². The van der Waals surface area contributed by atoms with Crippen molar-refractivity contribution in [3.05, 3.63) is 36.5 Å². The average Bonchev–Trinajstić information content (AvgIpc) is 3.27. The van der Waals surface area contributed by atoms with Crippen molar-refractivity contribution < 1.29 is 59.0 Å². The Morgan fingerprint density at radius 2 is 0.922 bits per heavy atom. The van der Waals surface area contributed by atoms with E-state index in [1.165, 1.54) is 134 Å². The van der Waals surface area contributed by atoms with E-state index in [4.69, 9.17) is 9.05 Å². The number of phosphoric acid groups is 1. The summed E-state index contributed by atoms with van der Waals surface area (Å²) in [5, 5.41) is 74.6. The molecule has 1 aliphatic carbocycles. The van der Waals surface area contributed by atoms with E-state index < -0.39 is 75.2 Å². The van der Waals surface area contributed by atoms with Crippen LogP contribution in [0, 0.1) is 0 Å². The van der Waals surface area contributed by atoms with Crippen LogP contribution in [-0.2, 0) is 18.4 Å². The SMILES string of the molecule is CCCCCCCCCCC/C=C/CC/C=C/CC/C=C/C(O)C(COP(=O)(O)OC1C(O)C(O)C(O)C(O)C1O)NC(=O)CC(O)CCCCCCCCCCCCCCCCC. The minimum Gasteiger partial charge on any atom is -0.393 e. The fourth-order valence-electron chi connectivity index (χ4n) is 8.04. The first kappa shape index (κ1) is 60.5. The second kappa shape index (κ2) is 39.5. The summed E-state index contributed by atoms with van der Waals surface area (Å²) >= 11 is 0. The molecule has 8 atom stereocenters. The zero-order valence-electron chi connectivity index (χ0n) is 39.9. The quantitative estimate of drug-likeness (QED) is 0.0159. The molecule has 0 bridgehead atoms. The lowest BCUT2D eigenvalue weighted by molar-refractivity contribution is -0.220. The molecule has 0 radical (unpaired) electrons. The van der Waals surface area contributed by atoms with Gasteiger partial charge in [0.05, 0.1) is 31.3 Å². The lowest BCUT2D eigenvalue weighted by Crippen LogP contribution is -2.64. The van der Waals surface area contributed by atoms with Gasteiger partial charge in [0, 0.05) is 0 Å². The molecule has 8 unspecified atom stereocenters. The monoisotopic (exact) mass is 932 g/mol. The zero-order chi connectivity index (χ0) is 47.3. The second-order valence-corrected chi connectivity index (χ2v) is 19.6. The number of phosphoric ester groups is 1. The van der Waals surface area contributed by atoms with Crippen LogP contribution < -0.4 is 5.32 Å². The summed E-state index contributed by atoms with van der Waals surface area (Å²) in [6.07, 6.45) is 32.3. The smallest absolute Gasteiger partial charge is 0.393 e. The van der Waals surface area contributed by atoms with E-state index in [2.05, 4.69) is 43.5 Å². The molecule has 1 fully saturated rings. The van der Waals surface area contributed by atoms with Gasteiger partial charge in [-0.2, -0.15) is 0 Å². The van der Waals surface area contributed by atoms with Crippen molar-refractivity contribution in [3.8, 4) is 0 Å². The van der Waals surface area contributed by atoms with Gasteiger partial charge in [-0.15, -0.1) is 0 Å². The van der Waals surface area contributed by atoms with E-state index in [0.717, 1.165) is 44.9 Å². The molecule has 0 spiro atoms. The van der Waals surface area contributed by atoms with E-state index in [1.807, 2.05) is 0 Å². The van der Waals surface area contributed by atoms with Gasteiger partial charge in [-0.1, -0.05) is 198 Å². The van der Waals surface area contributed by atoms with Crippen LogP contribution in [-0.4, -0.2) is 108 Å². The number of unbranched alkanes of at least 4 members (excludes halogenated alkanes) is 25. The number of hydrogen-bond acceptors (Lipinski definition) is 11. The van der Waals surface area contributed by atoms with Gasteiger partial charge in [0.2, 0.25) is 5.91 Å². The Morgan fingerprint density at radius 3 is 1.38 bits per heavy atom. The Hall–Kier alpha value is -1.48. The molecule has 14 heteroatoms. The van der Waals surface area contributed by atoms with Crippen molar-refractivity contribution in [3.63, 3.8) is 0 Å². The number of allylic oxidation sites excluding steroid dienone is 5. The van der Waals surface area contributed by atoms with E-state index >= 15 is 0 Å². The summed E-state index contributed by atoms with van der Waals surface area (Å²) < 4.78 is 22.9. The summed E-state index contributed by atoms with van der Waals surface area (Å²) in [6.45, 7) is 3.74. The van der Waals surface area contributed by atoms with Crippen molar-refractivity contribution in [2.24, 2.45) is 0 Å². The van der Waals surface area contributed by atoms with Gasteiger partial charge < -0.3 is 46.0 Å². The molecule has 0 aliphatic heterocycles. The number of carbonyl (C=O) groups excluding carboxylic acids is 1. The fraction of sp³-hybridized carbons (Fsp3) is 0.860. The maximum Gasteiger partial charge on any atom is 0.472 e. The van der Waals surface area contributed by atoms with Gasteiger partial charge in [0.25, 0.3) is 0 Å². The molecule has 1 saturated carbocycles. The van der Waals surface area contributed by atoms with Gasteiger partial charge in [0.15, 0.2) is 0 Å². The third-order valence-corrected chi connectivity index (χ3v) is 13.2. The van der Waals surface area contributed by atoms with Crippen LogP contribution in [0.15, 0.2) is 36.5 Å². The number of carbonyl (C=O) groups is 1. The third kappa shape index (κ3) is 30.7. The first-order valence-corrected chi connectivity index (χ1v) is 27.0. The average molecular weight is 932 g/mol. The van der Waals surface area contributed by atoms with Gasteiger partial charge in [0.1, 0.15) is 36.6 Å². The van der Waals surface area contributed by atoms with Crippen molar-refractivity contribution in [1.82, 2.24) is 5.32 Å². The van der Waals surface area contributed by atoms with E-state index in [-0.39, 0.29) is 6.42 Å². The molecule has 1 rings (SSSR count). The molecular weight excluding hydrogens is 838 g/mol. The summed E-state index contributed by atoms with van der Waals surface area (Å²) in [5.74, 6) is -0.605. The lowest BCUT2D eigenvalue weighted by Gasteiger charge is -2.41. The van der Waals surface area contributed by atoms with Crippen molar-refractivity contribution >= 4 is 13.7 Å². The Morgan fingerprint density at radius 1 is 0.547 bits per heavy atom. The topological polar surface area (TPSA) is 226 Å². The molecule has 9 N–H and O–H groups in total. The highest BCUT2D eigenvalue weighted by molar-refractivity contribution is 7.47. The third-order valence-electron chi connectivity index (χ3n) is 12.2. The predicted molar refractivity (Wildman–Crippen MR) is 257 cm³/mol. The van der Waals surface area contributed by atoms with Gasteiger partial charge >= 0.3 is 7.82 Å².